The maximum absolute atomic E-state index is 9.91. The second-order valence-electron chi connectivity index (χ2n) is 5.35. The fraction of sp³-hybridized carbons (Fsp3) is 0.467. The second kappa shape index (κ2) is 7.04. The van der Waals surface area contributed by atoms with Gasteiger partial charge in [0.15, 0.2) is 0 Å². The van der Waals surface area contributed by atoms with Crippen LogP contribution in [0.1, 0.15) is 26.2 Å². The number of hydrogen-bond acceptors (Lipinski definition) is 5. The lowest BCUT2D eigenvalue weighted by molar-refractivity contribution is 0.138. The molecule has 2 rings (SSSR count). The molecule has 0 saturated heterocycles. The molecule has 5 nitrogen and oxygen atoms in total. The molecule has 6 heteroatoms. The number of aromatic nitrogens is 2. The molecule has 0 aliphatic carbocycles. The number of hydrogen-bond donors (Lipinski definition) is 1. The van der Waals surface area contributed by atoms with E-state index in [1.807, 2.05) is 18.2 Å². The first-order valence-electron chi connectivity index (χ1n) is 6.84. The van der Waals surface area contributed by atoms with Gasteiger partial charge in [0.1, 0.15) is 5.75 Å². The first-order chi connectivity index (χ1) is 9.99. The van der Waals surface area contributed by atoms with Crippen molar-refractivity contribution in [3.8, 4) is 17.1 Å². The number of halogens is 1. The van der Waals surface area contributed by atoms with E-state index in [0.29, 0.717) is 30.5 Å². The molecule has 0 radical (unpaired) electrons. The van der Waals surface area contributed by atoms with Gasteiger partial charge in [-0.05, 0) is 46.5 Å². The number of methoxy groups -OCH3 is 1. The normalized spacial score (nSPS) is 12.7. The Balaban J connectivity index is 2.10. The van der Waals surface area contributed by atoms with E-state index in [1.165, 1.54) is 0 Å². The van der Waals surface area contributed by atoms with E-state index in [-0.39, 0.29) is 0 Å². The molecule has 1 atom stereocenters. The summed E-state index contributed by atoms with van der Waals surface area (Å²) in [6, 6.07) is 5.57. The lowest BCUT2D eigenvalue weighted by atomic mass is 10.0. The maximum Gasteiger partial charge on any atom is 0.229 e. The van der Waals surface area contributed by atoms with Gasteiger partial charge in [-0.1, -0.05) is 19.0 Å². The maximum atomic E-state index is 9.91. The van der Waals surface area contributed by atoms with Gasteiger partial charge in [0, 0.05) is 5.56 Å². The van der Waals surface area contributed by atoms with E-state index in [9.17, 15) is 5.11 Å². The lowest BCUT2D eigenvalue weighted by Gasteiger charge is -2.09. The van der Waals surface area contributed by atoms with Gasteiger partial charge >= 0.3 is 0 Å². The molecule has 0 amide bonds. The number of rotatable bonds is 6. The fourth-order valence-corrected chi connectivity index (χ4v) is 2.63. The summed E-state index contributed by atoms with van der Waals surface area (Å²) in [5.74, 6) is 2.13. The monoisotopic (exact) mass is 354 g/mol. The van der Waals surface area contributed by atoms with E-state index in [2.05, 4.69) is 39.9 Å². The molecule has 0 bridgehead atoms. The van der Waals surface area contributed by atoms with E-state index < -0.39 is 6.10 Å². The summed E-state index contributed by atoms with van der Waals surface area (Å²) < 4.78 is 11.2. The number of nitrogens with zero attached hydrogens (tertiary/aromatic N) is 2. The van der Waals surface area contributed by atoms with Crippen molar-refractivity contribution in [1.82, 2.24) is 10.1 Å². The molecule has 1 aromatic heterocycles. The predicted octanol–water partition coefficient (Wildman–Crippen LogP) is 3.46. The highest BCUT2D eigenvalue weighted by molar-refractivity contribution is 9.10. The molecule has 1 aromatic carbocycles. The van der Waals surface area contributed by atoms with Gasteiger partial charge in [0.25, 0.3) is 0 Å². The number of ether oxygens (including phenoxy) is 1. The minimum atomic E-state index is -0.457. The summed E-state index contributed by atoms with van der Waals surface area (Å²) in [6.07, 6.45) is 0.634. The van der Waals surface area contributed by atoms with Gasteiger partial charge in [0.2, 0.25) is 11.7 Å². The van der Waals surface area contributed by atoms with Crippen LogP contribution in [0.4, 0.5) is 0 Å². The molecular weight excluding hydrogens is 336 g/mol. The molecule has 0 saturated carbocycles. The molecule has 0 aliphatic rings. The zero-order chi connectivity index (χ0) is 15.4. The largest absolute Gasteiger partial charge is 0.496 e. The van der Waals surface area contributed by atoms with Crippen LogP contribution >= 0.6 is 15.9 Å². The molecular formula is C15H19BrN2O3. The van der Waals surface area contributed by atoms with Crippen molar-refractivity contribution in [3.63, 3.8) is 0 Å². The quantitative estimate of drug-likeness (QED) is 0.860. The van der Waals surface area contributed by atoms with Crippen LogP contribution in [0.2, 0.25) is 0 Å². The second-order valence-corrected chi connectivity index (χ2v) is 6.20. The molecule has 21 heavy (non-hydrogen) atoms. The van der Waals surface area contributed by atoms with E-state index in [4.69, 9.17) is 9.26 Å². The van der Waals surface area contributed by atoms with Gasteiger partial charge in [-0.15, -0.1) is 0 Å². The van der Waals surface area contributed by atoms with E-state index >= 15 is 0 Å². The Morgan fingerprint density at radius 1 is 1.38 bits per heavy atom. The van der Waals surface area contributed by atoms with Crippen LogP contribution < -0.4 is 4.74 Å². The van der Waals surface area contributed by atoms with Crippen molar-refractivity contribution < 1.29 is 14.4 Å². The van der Waals surface area contributed by atoms with Crippen molar-refractivity contribution in [1.29, 1.82) is 0 Å². The number of aliphatic hydroxyl groups excluding tert-OH is 1. The Kier molecular flexibility index (Phi) is 5.36. The zero-order valence-corrected chi connectivity index (χ0v) is 13.9. The summed E-state index contributed by atoms with van der Waals surface area (Å²) >= 11 is 3.43. The topological polar surface area (TPSA) is 68.4 Å². The van der Waals surface area contributed by atoms with Crippen molar-refractivity contribution >= 4 is 15.9 Å². The Morgan fingerprint density at radius 3 is 2.76 bits per heavy atom. The van der Waals surface area contributed by atoms with E-state index in [1.54, 1.807) is 7.11 Å². The molecule has 1 unspecified atom stereocenters. The molecule has 2 aromatic rings. The Hall–Kier alpha value is -1.40. The summed E-state index contributed by atoms with van der Waals surface area (Å²) in [5.41, 5.74) is 0.830. The van der Waals surface area contributed by atoms with E-state index in [0.717, 1.165) is 15.8 Å². The average Bonchev–Trinajstić information content (AvgIpc) is 2.86. The van der Waals surface area contributed by atoms with Gasteiger partial charge in [0.05, 0.1) is 24.1 Å². The highest BCUT2D eigenvalue weighted by atomic mass is 79.9. The Morgan fingerprint density at radius 2 is 2.14 bits per heavy atom. The number of benzene rings is 1. The van der Waals surface area contributed by atoms with Crippen LogP contribution in [-0.4, -0.2) is 28.5 Å². The molecule has 0 aliphatic heterocycles. The van der Waals surface area contributed by atoms with Crippen LogP contribution in [0.15, 0.2) is 27.2 Å². The molecule has 1 heterocycles. The van der Waals surface area contributed by atoms with Gasteiger partial charge in [-0.25, -0.2) is 0 Å². The highest BCUT2D eigenvalue weighted by Crippen LogP contribution is 2.29. The van der Waals surface area contributed by atoms with Crippen LogP contribution in [0.3, 0.4) is 0 Å². The minimum Gasteiger partial charge on any atom is -0.496 e. The third-order valence-electron chi connectivity index (χ3n) is 3.03. The zero-order valence-electron chi connectivity index (χ0n) is 12.3. The van der Waals surface area contributed by atoms with Gasteiger partial charge < -0.3 is 14.4 Å². The van der Waals surface area contributed by atoms with Crippen LogP contribution in [0.5, 0.6) is 5.75 Å². The third kappa shape index (κ3) is 4.28. The summed E-state index contributed by atoms with van der Waals surface area (Å²) in [6.45, 7) is 4.13. The number of aliphatic hydroxyl groups is 1. The first kappa shape index (κ1) is 16.0. The first-order valence-corrected chi connectivity index (χ1v) is 7.63. The van der Waals surface area contributed by atoms with Gasteiger partial charge in [-0.2, -0.15) is 4.98 Å². The summed E-state index contributed by atoms with van der Waals surface area (Å²) in [4.78, 5) is 4.32. The molecule has 0 spiro atoms. The highest BCUT2D eigenvalue weighted by Gasteiger charge is 2.15. The van der Waals surface area contributed by atoms with Crippen molar-refractivity contribution in [2.24, 2.45) is 5.92 Å². The Bertz CT molecular complexity index is 598. The predicted molar refractivity (Wildman–Crippen MR) is 83.2 cm³/mol. The standard InChI is InChI=1S/C15H19BrN2O3/c1-9(2)6-11(19)8-14-17-15(18-21-14)10-4-5-13(20-3)12(16)7-10/h4-5,7,9,11,19H,6,8H2,1-3H3. The van der Waals surface area contributed by atoms with Crippen LogP contribution in [0.25, 0.3) is 11.4 Å². The smallest absolute Gasteiger partial charge is 0.229 e. The average molecular weight is 355 g/mol. The minimum absolute atomic E-state index is 0.377. The molecule has 1 N–H and O–H groups in total. The fourth-order valence-electron chi connectivity index (χ4n) is 2.09. The van der Waals surface area contributed by atoms with Crippen molar-refractivity contribution in [2.45, 2.75) is 32.8 Å². The Labute approximate surface area is 132 Å². The molecule has 0 fully saturated rings. The van der Waals surface area contributed by atoms with Crippen molar-refractivity contribution in [2.75, 3.05) is 7.11 Å². The van der Waals surface area contributed by atoms with Gasteiger partial charge in [-0.3, -0.25) is 0 Å². The van der Waals surface area contributed by atoms with Crippen molar-refractivity contribution in [3.05, 3.63) is 28.6 Å². The lowest BCUT2D eigenvalue weighted by Crippen LogP contribution is -2.13. The summed E-state index contributed by atoms with van der Waals surface area (Å²) in [5, 5.41) is 13.9. The van der Waals surface area contributed by atoms with Crippen LogP contribution in [-0.2, 0) is 6.42 Å². The molecule has 114 valence electrons. The third-order valence-corrected chi connectivity index (χ3v) is 3.65. The summed E-state index contributed by atoms with van der Waals surface area (Å²) in [7, 11) is 1.61. The SMILES string of the molecule is COc1ccc(-c2noc(CC(O)CC(C)C)n2)cc1Br. The van der Waals surface area contributed by atoms with Crippen LogP contribution in [0, 0.1) is 5.92 Å².